The summed E-state index contributed by atoms with van der Waals surface area (Å²) < 4.78 is 45.0. The molecule has 0 fully saturated rings. The Morgan fingerprint density at radius 3 is 1.94 bits per heavy atom. The largest absolute Gasteiger partial charge is 0.481 e. The van der Waals surface area contributed by atoms with Crippen molar-refractivity contribution >= 4 is 58.1 Å². The number of aliphatic carboxylic acids is 2. The first kappa shape index (κ1) is 41.6. The number of carbonyl (C=O) groups is 7. The Kier molecular flexibility index (Phi) is 14.6. The summed E-state index contributed by atoms with van der Waals surface area (Å²) in [4.78, 5) is 98.7. The fraction of sp³-hybridized carbons (Fsp3) is 0.484. The van der Waals surface area contributed by atoms with Gasteiger partial charge in [-0.3, -0.25) is 33.6 Å². The molecule has 0 saturated carbocycles. The minimum Gasteiger partial charge on any atom is -0.481 e. The van der Waals surface area contributed by atoms with Crippen LogP contribution in [0.5, 0.6) is 0 Å². The second kappa shape index (κ2) is 17.9. The number of halogens is 3. The van der Waals surface area contributed by atoms with Gasteiger partial charge in [-0.05, 0) is 37.8 Å². The number of rotatable bonds is 17. The number of anilines is 1. The Balaban J connectivity index is 2.31. The first-order valence-corrected chi connectivity index (χ1v) is 15.3. The lowest BCUT2D eigenvalue weighted by molar-refractivity contribution is -0.141. The van der Waals surface area contributed by atoms with Crippen LogP contribution in [0.1, 0.15) is 58.9 Å². The van der Waals surface area contributed by atoms with Crippen molar-refractivity contribution in [3.63, 3.8) is 0 Å². The first-order chi connectivity index (χ1) is 23.6. The van der Waals surface area contributed by atoms with E-state index in [1.807, 2.05) is 0 Å². The summed E-state index contributed by atoms with van der Waals surface area (Å²) in [5.74, 6) is -8.09. The number of benzene rings is 1. The maximum Gasteiger partial charge on any atom is 0.417 e. The maximum atomic E-state index is 13.4. The Hall–Kier alpha value is -5.53. The van der Waals surface area contributed by atoms with Crippen molar-refractivity contribution in [2.45, 2.75) is 89.8 Å². The molecule has 5 atom stereocenters. The van der Waals surface area contributed by atoms with E-state index in [-0.39, 0.29) is 24.1 Å². The smallest absolute Gasteiger partial charge is 0.417 e. The van der Waals surface area contributed by atoms with Crippen LogP contribution in [0.15, 0.2) is 33.5 Å². The zero-order chi connectivity index (χ0) is 38.8. The quantitative estimate of drug-likeness (QED) is 0.103. The van der Waals surface area contributed by atoms with E-state index in [9.17, 15) is 61.7 Å². The molecule has 280 valence electrons. The Labute approximate surface area is 287 Å². The topological polar surface area (TPSA) is 271 Å². The average molecular weight is 730 g/mol. The number of amides is 5. The molecule has 2 aromatic rings. The van der Waals surface area contributed by atoms with Crippen molar-refractivity contribution in [2.24, 2.45) is 5.92 Å². The number of nitrogens with one attached hydrogen (secondary N) is 5. The highest BCUT2D eigenvalue weighted by atomic mass is 19.4. The highest BCUT2D eigenvalue weighted by molar-refractivity contribution is 6.01. The highest BCUT2D eigenvalue weighted by Crippen LogP contribution is 2.34. The molecular formula is C31H38F3N5O12. The van der Waals surface area contributed by atoms with E-state index in [1.165, 1.54) is 0 Å². The van der Waals surface area contributed by atoms with Gasteiger partial charge in [0, 0.05) is 36.6 Å². The van der Waals surface area contributed by atoms with Gasteiger partial charge in [-0.2, -0.15) is 13.2 Å². The summed E-state index contributed by atoms with van der Waals surface area (Å²) in [7, 11) is 0. The van der Waals surface area contributed by atoms with Crippen LogP contribution in [0, 0.1) is 5.92 Å². The number of hydrogen-bond acceptors (Lipinski definition) is 10. The second-order valence-corrected chi connectivity index (χ2v) is 11.9. The molecule has 1 aromatic heterocycles. The molecule has 0 radical (unpaired) electrons. The molecule has 0 bridgehead atoms. The Bertz CT molecular complexity index is 1710. The van der Waals surface area contributed by atoms with E-state index >= 15 is 0 Å². The van der Waals surface area contributed by atoms with E-state index in [2.05, 4.69) is 26.6 Å². The molecule has 17 nitrogen and oxygen atoms in total. The molecule has 2 rings (SSSR count). The third-order valence-electron chi connectivity index (χ3n) is 7.07. The van der Waals surface area contributed by atoms with E-state index in [1.54, 1.807) is 13.8 Å². The molecular weight excluding hydrogens is 691 g/mol. The number of hydrogen-bond donors (Lipinski definition) is 8. The van der Waals surface area contributed by atoms with Crippen LogP contribution in [0.3, 0.4) is 0 Å². The summed E-state index contributed by atoms with van der Waals surface area (Å²) in [5.41, 5.74) is -3.47. The lowest BCUT2D eigenvalue weighted by atomic mass is 10.0. The number of carboxylic acid groups (broad SMARTS) is 2. The van der Waals surface area contributed by atoms with Crippen LogP contribution in [-0.4, -0.2) is 87.1 Å². The lowest BCUT2D eigenvalue weighted by Gasteiger charge is -2.27. The molecule has 1 heterocycles. The summed E-state index contributed by atoms with van der Waals surface area (Å²) in [6, 6.07) is -3.52. The van der Waals surface area contributed by atoms with E-state index in [4.69, 9.17) is 9.52 Å². The molecule has 0 aliphatic carbocycles. The monoisotopic (exact) mass is 729 g/mol. The molecule has 8 N–H and O–H groups in total. The molecule has 20 heteroatoms. The van der Waals surface area contributed by atoms with Crippen LogP contribution in [0.25, 0.3) is 11.0 Å². The van der Waals surface area contributed by atoms with Crippen molar-refractivity contribution in [1.29, 1.82) is 0 Å². The predicted octanol–water partition coefficient (Wildman–Crippen LogP) is 0.476. The normalized spacial score (nSPS) is 14.4. The van der Waals surface area contributed by atoms with E-state index in [0.717, 1.165) is 32.0 Å². The summed E-state index contributed by atoms with van der Waals surface area (Å²) in [6.07, 6.45) is -8.66. The number of aliphatic hydroxyl groups excluding tert-OH is 1. The Morgan fingerprint density at radius 2 is 1.41 bits per heavy atom. The summed E-state index contributed by atoms with van der Waals surface area (Å²) in [6.45, 7) is 5.73. The van der Waals surface area contributed by atoms with Crippen LogP contribution in [0.2, 0.25) is 0 Å². The van der Waals surface area contributed by atoms with Crippen molar-refractivity contribution in [2.75, 3.05) is 5.32 Å². The lowest BCUT2D eigenvalue weighted by Crippen LogP contribution is -2.60. The second-order valence-electron chi connectivity index (χ2n) is 11.9. The van der Waals surface area contributed by atoms with Crippen LogP contribution < -0.4 is 32.2 Å². The predicted molar refractivity (Wildman–Crippen MR) is 170 cm³/mol. The number of fused-ring (bicyclic) bond motifs is 1. The zero-order valence-electron chi connectivity index (χ0n) is 27.8. The van der Waals surface area contributed by atoms with Gasteiger partial charge in [0.05, 0.1) is 18.1 Å². The molecule has 0 saturated heterocycles. The van der Waals surface area contributed by atoms with Crippen LogP contribution in [-0.2, 0) is 39.7 Å². The molecule has 5 amide bonds. The van der Waals surface area contributed by atoms with Crippen LogP contribution in [0.4, 0.5) is 18.9 Å². The van der Waals surface area contributed by atoms with Gasteiger partial charge in [0.2, 0.25) is 29.5 Å². The molecule has 51 heavy (non-hydrogen) atoms. The Morgan fingerprint density at radius 1 is 0.804 bits per heavy atom. The third-order valence-corrected chi connectivity index (χ3v) is 7.07. The van der Waals surface area contributed by atoms with Gasteiger partial charge in [0.25, 0.3) is 0 Å². The summed E-state index contributed by atoms with van der Waals surface area (Å²) in [5, 5.41) is 39.5. The van der Waals surface area contributed by atoms with Crippen molar-refractivity contribution in [3.05, 3.63) is 40.2 Å². The van der Waals surface area contributed by atoms with Crippen LogP contribution >= 0.6 is 0 Å². The molecule has 1 unspecified atom stereocenters. The zero-order valence-corrected chi connectivity index (χ0v) is 27.8. The van der Waals surface area contributed by atoms with Gasteiger partial charge in [-0.1, -0.05) is 13.8 Å². The standard InChI is InChI=1S/C31H38F3N5O12/c1-13(2)9-20(35-15(4)41)29(49)37-19(7-8-23(42)43)27(47)39-26(14(3)40)30(50)38-21(12-24(44)45)28(48)36-16-5-6-17-18(31(32,33)34)11-25(46)51-22(17)10-16/h5-6,10-11,13-14,19-21,26,40H,7-9,12H2,1-4H3,(H,35,41)(H,36,48)(H,37,49)(H,38,50)(H,39,47)(H,42,43)(H,44,45)/t14-,19+,20+,21+,26?/m1/s1. The molecule has 1 aromatic carbocycles. The number of alkyl halides is 3. The number of carbonyl (C=O) groups excluding carboxylic acids is 5. The summed E-state index contributed by atoms with van der Waals surface area (Å²) >= 11 is 0. The van der Waals surface area contributed by atoms with E-state index < -0.39 is 119 Å². The van der Waals surface area contributed by atoms with Gasteiger partial charge in [-0.15, -0.1) is 0 Å². The van der Waals surface area contributed by atoms with Crippen molar-refractivity contribution < 1.29 is 66.5 Å². The first-order valence-electron chi connectivity index (χ1n) is 15.3. The minimum absolute atomic E-state index is 0.0951. The van der Waals surface area contributed by atoms with Gasteiger partial charge in [0.1, 0.15) is 29.8 Å². The van der Waals surface area contributed by atoms with Gasteiger partial charge < -0.3 is 46.3 Å². The average Bonchev–Trinajstić information content (AvgIpc) is 2.98. The van der Waals surface area contributed by atoms with Crippen molar-refractivity contribution in [1.82, 2.24) is 21.3 Å². The van der Waals surface area contributed by atoms with Gasteiger partial charge in [-0.25, -0.2) is 4.79 Å². The maximum absolute atomic E-state index is 13.4. The number of aliphatic hydroxyl groups is 1. The SMILES string of the molecule is CC(=O)N[C@@H](CC(C)C)C(=O)N[C@@H](CCC(=O)O)C(=O)NC(C(=O)N[C@@H](CC(=O)O)C(=O)Nc1ccc2c(C(F)(F)F)cc(=O)oc2c1)[C@@H](C)O. The fourth-order valence-corrected chi connectivity index (χ4v) is 4.77. The molecule has 0 aliphatic rings. The minimum atomic E-state index is -4.92. The molecule has 0 aliphatic heterocycles. The third kappa shape index (κ3) is 13.0. The van der Waals surface area contributed by atoms with Gasteiger partial charge in [0.15, 0.2) is 0 Å². The molecule has 0 spiro atoms. The van der Waals surface area contributed by atoms with Gasteiger partial charge >= 0.3 is 23.7 Å². The number of carboxylic acids is 2. The highest BCUT2D eigenvalue weighted by Gasteiger charge is 2.36. The van der Waals surface area contributed by atoms with Crippen molar-refractivity contribution in [3.8, 4) is 0 Å². The van der Waals surface area contributed by atoms with E-state index in [0.29, 0.717) is 0 Å². The fourth-order valence-electron chi connectivity index (χ4n) is 4.77.